The molecule has 1 unspecified atom stereocenters. The molecule has 0 spiro atoms. The molecule has 0 bridgehead atoms. The third-order valence-electron chi connectivity index (χ3n) is 3.93. The average molecular weight is 307 g/mol. The highest BCUT2D eigenvalue weighted by atomic mass is 16.2. The minimum atomic E-state index is 0.187. The lowest BCUT2D eigenvalue weighted by molar-refractivity contribution is 0.299. The first-order valence-electron chi connectivity index (χ1n) is 7.81. The lowest BCUT2D eigenvalue weighted by Gasteiger charge is -2.16. The second-order valence-corrected chi connectivity index (χ2v) is 5.60. The quantitative estimate of drug-likeness (QED) is 0.732. The van der Waals surface area contributed by atoms with Gasteiger partial charge in [-0.25, -0.2) is 4.98 Å². The van der Waals surface area contributed by atoms with Gasteiger partial charge in [0.1, 0.15) is 0 Å². The molecule has 1 heterocycles. The van der Waals surface area contributed by atoms with Gasteiger partial charge >= 0.3 is 0 Å². The van der Waals surface area contributed by atoms with Gasteiger partial charge in [0.25, 0.3) is 0 Å². The summed E-state index contributed by atoms with van der Waals surface area (Å²) in [6, 6.07) is 16.9. The zero-order valence-corrected chi connectivity index (χ0v) is 13.2. The molecule has 2 N–H and O–H groups in total. The van der Waals surface area contributed by atoms with Gasteiger partial charge in [-0.05, 0) is 48.7 Å². The summed E-state index contributed by atoms with van der Waals surface area (Å²) in [7, 11) is 0. The maximum absolute atomic E-state index is 8.95. The number of hydrogen-bond acceptors (Lipinski definition) is 3. The van der Waals surface area contributed by atoms with Crippen molar-refractivity contribution in [1.82, 2.24) is 9.55 Å². The molecular formula is C19H21N3O. The fraction of sp³-hybridized carbons (Fsp3) is 0.211. The predicted octanol–water partition coefficient (Wildman–Crippen LogP) is 3.58. The summed E-state index contributed by atoms with van der Waals surface area (Å²) in [5, 5.41) is 12.5. The molecule has 1 aromatic heterocycles. The Morgan fingerprint density at radius 2 is 1.83 bits per heavy atom. The van der Waals surface area contributed by atoms with Crippen molar-refractivity contribution < 1.29 is 5.11 Å². The standard InChI is InChI=1S/C19H21N3O/c1-15(21-18-6-2-16(3-7-18)10-13-23)17-4-8-19(9-5-17)22-12-11-20-14-22/h2-9,11-12,14-15,21,23H,10,13H2,1H3. The third-order valence-corrected chi connectivity index (χ3v) is 3.93. The van der Waals surface area contributed by atoms with E-state index in [1.165, 1.54) is 5.56 Å². The zero-order chi connectivity index (χ0) is 16.1. The summed E-state index contributed by atoms with van der Waals surface area (Å²) in [6.07, 6.45) is 6.21. The van der Waals surface area contributed by atoms with E-state index in [4.69, 9.17) is 5.11 Å². The fourth-order valence-electron chi connectivity index (χ4n) is 2.58. The van der Waals surface area contributed by atoms with Gasteiger partial charge in [-0.3, -0.25) is 0 Å². The number of aromatic nitrogens is 2. The minimum absolute atomic E-state index is 0.187. The molecule has 1 atom stereocenters. The highest BCUT2D eigenvalue weighted by Gasteiger charge is 2.06. The number of benzene rings is 2. The molecule has 23 heavy (non-hydrogen) atoms. The third kappa shape index (κ3) is 3.79. The molecule has 0 amide bonds. The van der Waals surface area contributed by atoms with E-state index in [0.717, 1.165) is 16.9 Å². The molecule has 0 saturated carbocycles. The van der Waals surface area contributed by atoms with Gasteiger partial charge in [0.2, 0.25) is 0 Å². The van der Waals surface area contributed by atoms with Gasteiger partial charge in [0.15, 0.2) is 0 Å². The number of nitrogens with zero attached hydrogens (tertiary/aromatic N) is 2. The maximum atomic E-state index is 8.95. The number of aliphatic hydroxyl groups is 1. The Bertz CT molecular complexity index is 718. The van der Waals surface area contributed by atoms with Crippen LogP contribution in [0, 0.1) is 0 Å². The lowest BCUT2D eigenvalue weighted by Crippen LogP contribution is -2.06. The van der Waals surface area contributed by atoms with Gasteiger partial charge in [0.05, 0.1) is 6.33 Å². The molecule has 0 saturated heterocycles. The van der Waals surface area contributed by atoms with E-state index in [2.05, 4.69) is 53.6 Å². The van der Waals surface area contributed by atoms with Crippen LogP contribution in [0.15, 0.2) is 67.3 Å². The Labute approximate surface area is 136 Å². The largest absolute Gasteiger partial charge is 0.396 e. The number of rotatable bonds is 6. The molecule has 4 nitrogen and oxygen atoms in total. The van der Waals surface area contributed by atoms with E-state index in [-0.39, 0.29) is 12.6 Å². The van der Waals surface area contributed by atoms with Crippen molar-refractivity contribution in [2.45, 2.75) is 19.4 Å². The van der Waals surface area contributed by atoms with Gasteiger partial charge in [-0.15, -0.1) is 0 Å². The molecule has 0 radical (unpaired) electrons. The van der Waals surface area contributed by atoms with Crippen LogP contribution in [-0.2, 0) is 6.42 Å². The Kier molecular flexibility index (Phi) is 4.74. The molecule has 0 aliphatic rings. The van der Waals surface area contributed by atoms with E-state index in [1.54, 1.807) is 12.5 Å². The normalized spacial score (nSPS) is 12.1. The monoisotopic (exact) mass is 307 g/mol. The van der Waals surface area contributed by atoms with Gasteiger partial charge in [0, 0.05) is 36.4 Å². The first-order chi connectivity index (χ1) is 11.3. The Morgan fingerprint density at radius 1 is 1.09 bits per heavy atom. The lowest BCUT2D eigenvalue weighted by atomic mass is 10.1. The van der Waals surface area contributed by atoms with Crippen LogP contribution in [0.3, 0.4) is 0 Å². The van der Waals surface area contributed by atoms with Crippen molar-refractivity contribution >= 4 is 5.69 Å². The SMILES string of the molecule is CC(Nc1ccc(CCO)cc1)c1ccc(-n2ccnc2)cc1. The Hall–Kier alpha value is -2.59. The maximum Gasteiger partial charge on any atom is 0.0991 e. The summed E-state index contributed by atoms with van der Waals surface area (Å²) < 4.78 is 1.99. The van der Waals surface area contributed by atoms with E-state index < -0.39 is 0 Å². The first kappa shape index (κ1) is 15.3. The molecule has 3 rings (SSSR count). The Balaban J connectivity index is 1.66. The smallest absolute Gasteiger partial charge is 0.0991 e. The molecule has 0 fully saturated rings. The topological polar surface area (TPSA) is 50.1 Å². The van der Waals surface area contributed by atoms with Crippen LogP contribution in [0.1, 0.15) is 24.1 Å². The molecule has 0 aliphatic carbocycles. The highest BCUT2D eigenvalue weighted by Crippen LogP contribution is 2.21. The van der Waals surface area contributed by atoms with E-state index in [9.17, 15) is 0 Å². The van der Waals surface area contributed by atoms with Gasteiger partial charge in [-0.2, -0.15) is 0 Å². The van der Waals surface area contributed by atoms with E-state index >= 15 is 0 Å². The minimum Gasteiger partial charge on any atom is -0.396 e. The van der Waals surface area contributed by atoms with E-state index in [0.29, 0.717) is 6.42 Å². The van der Waals surface area contributed by atoms with Crippen LogP contribution in [0.2, 0.25) is 0 Å². The van der Waals surface area contributed by atoms with Crippen LogP contribution in [-0.4, -0.2) is 21.3 Å². The summed E-state index contributed by atoms with van der Waals surface area (Å²) in [6.45, 7) is 2.33. The Morgan fingerprint density at radius 3 is 2.43 bits per heavy atom. The second-order valence-electron chi connectivity index (χ2n) is 5.60. The van der Waals surface area contributed by atoms with Crippen LogP contribution in [0.5, 0.6) is 0 Å². The molecule has 118 valence electrons. The van der Waals surface area contributed by atoms with Crippen molar-refractivity contribution in [1.29, 1.82) is 0 Å². The first-order valence-corrected chi connectivity index (χ1v) is 7.81. The van der Waals surface area contributed by atoms with Crippen molar-refractivity contribution in [3.8, 4) is 5.69 Å². The second kappa shape index (κ2) is 7.11. The van der Waals surface area contributed by atoms with Crippen molar-refractivity contribution in [3.63, 3.8) is 0 Å². The molecule has 3 aromatic rings. The van der Waals surface area contributed by atoms with E-state index in [1.807, 2.05) is 22.9 Å². The van der Waals surface area contributed by atoms with Crippen LogP contribution < -0.4 is 5.32 Å². The number of nitrogens with one attached hydrogen (secondary N) is 1. The molecule has 0 aliphatic heterocycles. The average Bonchev–Trinajstić information content (AvgIpc) is 3.11. The zero-order valence-electron chi connectivity index (χ0n) is 13.2. The molecular weight excluding hydrogens is 286 g/mol. The molecule has 4 heteroatoms. The van der Waals surface area contributed by atoms with Crippen molar-refractivity contribution in [2.75, 3.05) is 11.9 Å². The van der Waals surface area contributed by atoms with Gasteiger partial charge < -0.3 is 15.0 Å². The summed E-state index contributed by atoms with van der Waals surface area (Å²) >= 11 is 0. The number of hydrogen-bond donors (Lipinski definition) is 2. The van der Waals surface area contributed by atoms with Gasteiger partial charge in [-0.1, -0.05) is 24.3 Å². The van der Waals surface area contributed by atoms with Crippen molar-refractivity contribution in [3.05, 3.63) is 78.4 Å². The predicted molar refractivity (Wildman–Crippen MR) is 92.8 cm³/mol. The van der Waals surface area contributed by atoms with Crippen molar-refractivity contribution in [2.24, 2.45) is 0 Å². The van der Waals surface area contributed by atoms with Crippen LogP contribution >= 0.6 is 0 Å². The summed E-state index contributed by atoms with van der Waals surface area (Å²) in [5.74, 6) is 0. The van der Waals surface area contributed by atoms with Crippen LogP contribution in [0.25, 0.3) is 5.69 Å². The van der Waals surface area contributed by atoms with Crippen LogP contribution in [0.4, 0.5) is 5.69 Å². The summed E-state index contributed by atoms with van der Waals surface area (Å²) in [4.78, 5) is 4.07. The number of anilines is 1. The number of aliphatic hydroxyl groups excluding tert-OH is 1. The highest BCUT2D eigenvalue weighted by molar-refractivity contribution is 5.47. The number of imidazole rings is 1. The molecule has 2 aromatic carbocycles. The summed E-state index contributed by atoms with van der Waals surface area (Å²) in [5.41, 5.74) is 4.56. The fourth-order valence-corrected chi connectivity index (χ4v) is 2.58.